The van der Waals surface area contributed by atoms with Crippen LogP contribution >= 0.6 is 0 Å². The van der Waals surface area contributed by atoms with Crippen molar-refractivity contribution in [3.8, 4) is 11.4 Å². The number of rotatable bonds is 2. The monoisotopic (exact) mass is 305 g/mol. The van der Waals surface area contributed by atoms with Crippen LogP contribution in [0.2, 0.25) is 0 Å². The number of benzene rings is 2. The van der Waals surface area contributed by atoms with Gasteiger partial charge in [-0.25, -0.2) is 17.8 Å². The molecule has 7 heteroatoms. The lowest BCUT2D eigenvalue weighted by atomic mass is 10.2. The van der Waals surface area contributed by atoms with Gasteiger partial charge in [0.05, 0.1) is 16.0 Å². The van der Waals surface area contributed by atoms with Crippen LogP contribution in [0, 0.1) is 5.82 Å². The molecule has 2 aromatic carbocycles. The molecular formula is C14H12FN3O2S. The van der Waals surface area contributed by atoms with E-state index >= 15 is 0 Å². The van der Waals surface area contributed by atoms with Crippen molar-refractivity contribution in [1.82, 2.24) is 9.97 Å². The maximum absolute atomic E-state index is 13.9. The maximum Gasteiger partial charge on any atom is 0.177 e. The Morgan fingerprint density at radius 2 is 2.00 bits per heavy atom. The number of halogens is 1. The predicted octanol–water partition coefficient (Wildman–Crippen LogP) is 2.35. The zero-order valence-corrected chi connectivity index (χ0v) is 11.9. The number of nitrogen functional groups attached to an aromatic ring is 1. The third kappa shape index (κ3) is 2.36. The fraction of sp³-hybridized carbons (Fsp3) is 0.0714. The van der Waals surface area contributed by atoms with E-state index in [9.17, 15) is 12.8 Å². The summed E-state index contributed by atoms with van der Waals surface area (Å²) in [6.07, 6.45) is 1.11. The summed E-state index contributed by atoms with van der Waals surface area (Å²) in [5.74, 6) is -0.256. The second kappa shape index (κ2) is 4.56. The molecule has 0 fully saturated rings. The molecule has 0 spiro atoms. The molecule has 3 rings (SSSR count). The van der Waals surface area contributed by atoms with Crippen LogP contribution in [0.15, 0.2) is 41.3 Å². The Morgan fingerprint density at radius 1 is 1.24 bits per heavy atom. The fourth-order valence-corrected chi connectivity index (χ4v) is 2.99. The second-order valence-corrected chi connectivity index (χ2v) is 6.73. The van der Waals surface area contributed by atoms with Gasteiger partial charge in [0.2, 0.25) is 0 Å². The number of H-pyrrole nitrogens is 1. The number of nitrogens with two attached hydrogens (primary N) is 1. The Balaban J connectivity index is 2.27. The molecule has 0 aliphatic carbocycles. The zero-order valence-electron chi connectivity index (χ0n) is 11.1. The topological polar surface area (TPSA) is 88.8 Å². The largest absolute Gasteiger partial charge is 0.399 e. The van der Waals surface area contributed by atoms with Crippen LogP contribution in [0.25, 0.3) is 22.4 Å². The smallest absolute Gasteiger partial charge is 0.177 e. The SMILES string of the molecule is CS(=O)(=O)c1cccc2[nH]c(-c3ccc(N)cc3F)nc12. The van der Waals surface area contributed by atoms with Gasteiger partial charge in [-0.2, -0.15) is 0 Å². The first-order chi connectivity index (χ1) is 9.86. The summed E-state index contributed by atoms with van der Waals surface area (Å²) in [6.45, 7) is 0. The molecule has 0 aliphatic heterocycles. The number of nitrogens with zero attached hydrogens (tertiary/aromatic N) is 1. The normalized spacial score (nSPS) is 11.9. The van der Waals surface area contributed by atoms with Crippen molar-refractivity contribution < 1.29 is 12.8 Å². The summed E-state index contributed by atoms with van der Waals surface area (Å²) >= 11 is 0. The Morgan fingerprint density at radius 3 is 2.67 bits per heavy atom. The number of aromatic nitrogens is 2. The van der Waals surface area contributed by atoms with Crippen molar-refractivity contribution in [2.24, 2.45) is 0 Å². The molecule has 0 radical (unpaired) electrons. The lowest BCUT2D eigenvalue weighted by Crippen LogP contribution is -1.97. The van der Waals surface area contributed by atoms with Gasteiger partial charge in [-0.3, -0.25) is 0 Å². The molecule has 0 aliphatic rings. The van der Waals surface area contributed by atoms with Crippen molar-refractivity contribution in [2.75, 3.05) is 12.0 Å². The van der Waals surface area contributed by atoms with Gasteiger partial charge >= 0.3 is 0 Å². The fourth-order valence-electron chi connectivity index (χ4n) is 2.16. The van der Waals surface area contributed by atoms with Crippen LogP contribution in [-0.2, 0) is 9.84 Å². The highest BCUT2D eigenvalue weighted by Crippen LogP contribution is 2.27. The van der Waals surface area contributed by atoms with Gasteiger partial charge in [-0.05, 0) is 30.3 Å². The summed E-state index contributed by atoms with van der Waals surface area (Å²) < 4.78 is 37.5. The lowest BCUT2D eigenvalue weighted by Gasteiger charge is -2.00. The molecule has 0 saturated heterocycles. The van der Waals surface area contributed by atoms with Gasteiger partial charge < -0.3 is 10.7 Å². The van der Waals surface area contributed by atoms with E-state index in [1.165, 1.54) is 18.2 Å². The number of hydrogen-bond acceptors (Lipinski definition) is 4. The van der Waals surface area contributed by atoms with Gasteiger partial charge in [0.25, 0.3) is 0 Å². The van der Waals surface area contributed by atoms with E-state index in [2.05, 4.69) is 9.97 Å². The minimum Gasteiger partial charge on any atom is -0.399 e. The number of fused-ring (bicyclic) bond motifs is 1. The molecule has 21 heavy (non-hydrogen) atoms. The van der Waals surface area contributed by atoms with E-state index in [0.717, 1.165) is 6.26 Å². The van der Waals surface area contributed by atoms with E-state index in [0.29, 0.717) is 16.7 Å². The van der Waals surface area contributed by atoms with Crippen LogP contribution in [-0.4, -0.2) is 24.6 Å². The van der Waals surface area contributed by atoms with Crippen LogP contribution in [0.1, 0.15) is 0 Å². The van der Waals surface area contributed by atoms with E-state index in [4.69, 9.17) is 5.73 Å². The van der Waals surface area contributed by atoms with E-state index < -0.39 is 15.7 Å². The van der Waals surface area contributed by atoms with Gasteiger partial charge in [-0.1, -0.05) is 6.07 Å². The number of anilines is 1. The van der Waals surface area contributed by atoms with Crippen LogP contribution in [0.5, 0.6) is 0 Å². The van der Waals surface area contributed by atoms with Crippen molar-refractivity contribution in [3.05, 3.63) is 42.2 Å². The first-order valence-corrected chi connectivity index (χ1v) is 7.99. The maximum atomic E-state index is 13.9. The third-order valence-corrected chi connectivity index (χ3v) is 4.25. The zero-order chi connectivity index (χ0) is 15.2. The molecule has 3 N–H and O–H groups in total. The molecule has 0 amide bonds. The van der Waals surface area contributed by atoms with E-state index in [1.807, 2.05) is 0 Å². The lowest BCUT2D eigenvalue weighted by molar-refractivity contribution is 0.602. The van der Waals surface area contributed by atoms with Gasteiger partial charge in [0.1, 0.15) is 17.2 Å². The van der Waals surface area contributed by atoms with Crippen molar-refractivity contribution in [3.63, 3.8) is 0 Å². The Hall–Kier alpha value is -2.41. The van der Waals surface area contributed by atoms with Crippen molar-refractivity contribution >= 4 is 26.6 Å². The minimum atomic E-state index is -3.41. The van der Waals surface area contributed by atoms with Crippen LogP contribution in [0.4, 0.5) is 10.1 Å². The summed E-state index contributed by atoms with van der Waals surface area (Å²) in [5, 5.41) is 0. The quantitative estimate of drug-likeness (QED) is 0.711. The van der Waals surface area contributed by atoms with Gasteiger partial charge in [0.15, 0.2) is 9.84 Å². The second-order valence-electron chi connectivity index (χ2n) is 4.75. The molecule has 0 atom stereocenters. The van der Waals surface area contributed by atoms with Gasteiger partial charge in [-0.15, -0.1) is 0 Å². The summed E-state index contributed by atoms with van der Waals surface area (Å²) in [5.41, 5.74) is 6.89. The minimum absolute atomic E-state index is 0.110. The summed E-state index contributed by atoms with van der Waals surface area (Å²) in [6, 6.07) is 9.03. The number of imidazole rings is 1. The standard InChI is InChI=1S/C14H12FN3O2S/c1-21(19,20)12-4-2-3-11-13(12)18-14(17-11)9-6-5-8(16)7-10(9)15/h2-7H,16H2,1H3,(H,17,18). The number of hydrogen-bond donors (Lipinski definition) is 2. The van der Waals surface area contributed by atoms with Crippen molar-refractivity contribution in [1.29, 1.82) is 0 Å². The molecule has 1 aromatic heterocycles. The Kier molecular flexibility index (Phi) is 2.94. The summed E-state index contributed by atoms with van der Waals surface area (Å²) in [7, 11) is -3.41. The molecule has 5 nitrogen and oxygen atoms in total. The molecule has 1 heterocycles. The van der Waals surface area contributed by atoms with Gasteiger partial charge in [0, 0.05) is 11.9 Å². The number of aromatic amines is 1. The molecule has 3 aromatic rings. The molecule has 0 unspecified atom stereocenters. The highest BCUT2D eigenvalue weighted by Gasteiger charge is 2.17. The van der Waals surface area contributed by atoms with Crippen LogP contribution in [0.3, 0.4) is 0 Å². The molecule has 108 valence electrons. The molecule has 0 saturated carbocycles. The third-order valence-electron chi connectivity index (χ3n) is 3.12. The number of para-hydroxylation sites is 1. The number of sulfone groups is 1. The summed E-state index contributed by atoms with van der Waals surface area (Å²) in [4.78, 5) is 7.26. The Labute approximate surface area is 120 Å². The molecule has 0 bridgehead atoms. The molecular weight excluding hydrogens is 293 g/mol. The highest BCUT2D eigenvalue weighted by atomic mass is 32.2. The van der Waals surface area contributed by atoms with Crippen LogP contribution < -0.4 is 5.73 Å². The number of nitrogens with one attached hydrogen (secondary N) is 1. The average molecular weight is 305 g/mol. The highest BCUT2D eigenvalue weighted by molar-refractivity contribution is 7.91. The predicted molar refractivity (Wildman–Crippen MR) is 79.0 cm³/mol. The first-order valence-electron chi connectivity index (χ1n) is 6.10. The van der Waals surface area contributed by atoms with E-state index in [-0.39, 0.29) is 16.3 Å². The average Bonchev–Trinajstić information content (AvgIpc) is 2.80. The van der Waals surface area contributed by atoms with E-state index in [1.54, 1.807) is 18.2 Å². The Bertz CT molecular complexity index is 948. The van der Waals surface area contributed by atoms with Crippen molar-refractivity contribution in [2.45, 2.75) is 4.90 Å². The first kappa shape index (κ1) is 13.6.